The molecular formula is C24H27BrN4O2. The summed E-state index contributed by atoms with van der Waals surface area (Å²) in [7, 11) is 0. The molecule has 0 saturated carbocycles. The fourth-order valence-corrected chi connectivity index (χ4v) is 3.75. The lowest BCUT2D eigenvalue weighted by Crippen LogP contribution is -2.26. The van der Waals surface area contributed by atoms with Crippen LogP contribution >= 0.6 is 15.9 Å². The Morgan fingerprint density at radius 1 is 1.10 bits per heavy atom. The van der Waals surface area contributed by atoms with Gasteiger partial charge >= 0.3 is 0 Å². The lowest BCUT2D eigenvalue weighted by Gasteiger charge is -2.16. The molecule has 6 nitrogen and oxygen atoms in total. The quantitative estimate of drug-likeness (QED) is 0.266. The van der Waals surface area contributed by atoms with Gasteiger partial charge in [-0.25, -0.2) is 0 Å². The number of hydrogen-bond acceptors (Lipinski definition) is 4. The Labute approximate surface area is 190 Å². The van der Waals surface area contributed by atoms with Crippen LogP contribution in [-0.2, 0) is 6.54 Å². The number of carbonyl (C=O) groups is 1. The van der Waals surface area contributed by atoms with E-state index in [0.717, 1.165) is 39.6 Å². The third-order valence-electron chi connectivity index (χ3n) is 4.98. The van der Waals surface area contributed by atoms with E-state index in [-0.39, 0.29) is 11.5 Å². The van der Waals surface area contributed by atoms with Crippen LogP contribution in [0.3, 0.4) is 0 Å². The van der Waals surface area contributed by atoms with Crippen molar-refractivity contribution >= 4 is 44.1 Å². The van der Waals surface area contributed by atoms with E-state index >= 15 is 0 Å². The highest BCUT2D eigenvalue weighted by atomic mass is 79.9. The second kappa shape index (κ2) is 10.4. The van der Waals surface area contributed by atoms with Gasteiger partial charge in [0.2, 0.25) is 0 Å². The Kier molecular flexibility index (Phi) is 7.63. The van der Waals surface area contributed by atoms with Crippen LogP contribution in [0.2, 0.25) is 0 Å². The van der Waals surface area contributed by atoms with E-state index in [0.29, 0.717) is 24.2 Å². The number of nitrogens with zero attached hydrogens (tertiary/aromatic N) is 2. The van der Waals surface area contributed by atoms with Gasteiger partial charge in [0.15, 0.2) is 0 Å². The molecule has 0 spiro atoms. The summed E-state index contributed by atoms with van der Waals surface area (Å²) >= 11 is 3.53. The van der Waals surface area contributed by atoms with E-state index in [9.17, 15) is 9.59 Å². The van der Waals surface area contributed by atoms with Crippen LogP contribution in [0.25, 0.3) is 10.9 Å². The van der Waals surface area contributed by atoms with E-state index in [2.05, 4.69) is 31.8 Å². The Hall–Kier alpha value is -2.93. The summed E-state index contributed by atoms with van der Waals surface area (Å²) in [5.74, 6) is -0.0777. The van der Waals surface area contributed by atoms with Gasteiger partial charge in [-0.2, -0.15) is 5.10 Å². The summed E-state index contributed by atoms with van der Waals surface area (Å²) < 4.78 is 2.75. The number of halogens is 1. The molecule has 0 aliphatic heterocycles. The first kappa shape index (κ1) is 22.7. The number of fused-ring (bicyclic) bond motifs is 1. The van der Waals surface area contributed by atoms with Crippen molar-refractivity contribution in [2.24, 2.45) is 5.10 Å². The molecule has 0 unspecified atom stereocenters. The number of hydrazone groups is 1. The largest absolute Gasteiger partial charge is 0.352 e. The fourth-order valence-electron chi connectivity index (χ4n) is 3.39. The minimum Gasteiger partial charge on any atom is -0.352 e. The number of unbranched alkanes of at least 4 members (excludes halogenated alkanes) is 1. The monoisotopic (exact) mass is 482 g/mol. The number of rotatable bonds is 8. The van der Waals surface area contributed by atoms with E-state index < -0.39 is 0 Å². The zero-order chi connectivity index (χ0) is 22.4. The maximum Gasteiger partial charge on any atom is 0.256 e. The van der Waals surface area contributed by atoms with Crippen molar-refractivity contribution in [1.29, 1.82) is 0 Å². The molecule has 1 aromatic heterocycles. The Balaban J connectivity index is 1.74. The van der Waals surface area contributed by atoms with Gasteiger partial charge in [-0.15, -0.1) is 0 Å². The van der Waals surface area contributed by atoms with E-state index in [4.69, 9.17) is 0 Å². The number of hydrogen-bond donors (Lipinski definition) is 2. The number of pyridine rings is 1. The average molecular weight is 483 g/mol. The third kappa shape index (κ3) is 5.61. The third-order valence-corrected chi connectivity index (χ3v) is 5.47. The maximum absolute atomic E-state index is 13.1. The first-order valence-electron chi connectivity index (χ1n) is 10.3. The highest BCUT2D eigenvalue weighted by molar-refractivity contribution is 9.10. The van der Waals surface area contributed by atoms with Crippen LogP contribution in [0, 0.1) is 6.92 Å². The number of aromatic nitrogens is 1. The van der Waals surface area contributed by atoms with Gasteiger partial charge in [-0.1, -0.05) is 34.1 Å². The SMILES string of the molecule is CC(C)=NNc1c(C)c(=O)n(CCCCNC(=O)c2ccccc2)c2ccc(Br)cc12. The van der Waals surface area contributed by atoms with E-state index in [1.54, 1.807) is 12.1 Å². The van der Waals surface area contributed by atoms with Crippen molar-refractivity contribution in [3.63, 3.8) is 0 Å². The molecule has 31 heavy (non-hydrogen) atoms. The first-order valence-corrected chi connectivity index (χ1v) is 11.1. The predicted octanol–water partition coefficient (Wildman–Crippen LogP) is 5.09. The van der Waals surface area contributed by atoms with Crippen molar-refractivity contribution < 1.29 is 4.79 Å². The molecule has 2 aromatic carbocycles. The number of benzene rings is 2. The summed E-state index contributed by atoms with van der Waals surface area (Å²) in [6, 6.07) is 15.1. The number of carbonyl (C=O) groups excluding carboxylic acids is 1. The van der Waals surface area contributed by atoms with Crippen LogP contribution < -0.4 is 16.3 Å². The molecule has 0 fully saturated rings. The zero-order valence-electron chi connectivity index (χ0n) is 18.0. The molecule has 7 heteroatoms. The highest BCUT2D eigenvalue weighted by Crippen LogP contribution is 2.28. The summed E-state index contributed by atoms with van der Waals surface area (Å²) in [6.45, 7) is 6.77. The lowest BCUT2D eigenvalue weighted by atomic mass is 10.1. The van der Waals surface area contributed by atoms with Crippen molar-refractivity contribution in [1.82, 2.24) is 9.88 Å². The van der Waals surface area contributed by atoms with Gasteiger partial charge in [0.1, 0.15) is 0 Å². The molecule has 1 amide bonds. The average Bonchev–Trinajstić information content (AvgIpc) is 2.76. The molecule has 3 aromatic rings. The topological polar surface area (TPSA) is 75.5 Å². The number of aryl methyl sites for hydroxylation is 1. The minimum absolute atomic E-state index is 0.0328. The lowest BCUT2D eigenvalue weighted by molar-refractivity contribution is 0.0953. The van der Waals surface area contributed by atoms with Crippen LogP contribution in [0.15, 0.2) is 62.9 Å². The molecule has 0 saturated heterocycles. The molecule has 0 bridgehead atoms. The molecular weight excluding hydrogens is 456 g/mol. The normalized spacial score (nSPS) is 10.7. The van der Waals surface area contributed by atoms with Crippen molar-refractivity contribution in [2.75, 3.05) is 12.0 Å². The smallest absolute Gasteiger partial charge is 0.256 e. The highest BCUT2D eigenvalue weighted by Gasteiger charge is 2.14. The van der Waals surface area contributed by atoms with Gasteiger partial charge in [0.05, 0.1) is 11.2 Å². The summed E-state index contributed by atoms with van der Waals surface area (Å²) in [6.07, 6.45) is 1.56. The second-order valence-corrected chi connectivity index (χ2v) is 8.53. The van der Waals surface area contributed by atoms with Crippen molar-refractivity contribution in [3.8, 4) is 0 Å². The van der Waals surface area contributed by atoms with Crippen LogP contribution in [-0.4, -0.2) is 22.7 Å². The molecule has 162 valence electrons. The van der Waals surface area contributed by atoms with Gasteiger partial charge in [-0.3, -0.25) is 15.0 Å². The molecule has 1 heterocycles. The van der Waals surface area contributed by atoms with E-state index in [1.165, 1.54) is 0 Å². The Morgan fingerprint density at radius 2 is 1.84 bits per heavy atom. The second-order valence-electron chi connectivity index (χ2n) is 7.62. The van der Waals surface area contributed by atoms with Gasteiger partial charge in [0.25, 0.3) is 11.5 Å². The van der Waals surface area contributed by atoms with Crippen molar-refractivity contribution in [2.45, 2.75) is 40.2 Å². The summed E-state index contributed by atoms with van der Waals surface area (Å²) in [5.41, 5.74) is 6.78. The standard InChI is InChI=1S/C24H27BrN4O2/c1-16(2)27-28-22-17(3)24(31)29(21-12-11-19(25)15-20(21)22)14-8-7-13-26-23(30)18-9-5-4-6-10-18/h4-6,9-12,15,28H,7-8,13-14H2,1-3H3,(H,26,30). The number of nitrogens with one attached hydrogen (secondary N) is 2. The summed E-state index contributed by atoms with van der Waals surface area (Å²) in [4.78, 5) is 25.2. The van der Waals surface area contributed by atoms with Crippen molar-refractivity contribution in [3.05, 3.63) is 74.5 Å². The fraction of sp³-hybridized carbons (Fsp3) is 0.292. The molecule has 0 aliphatic rings. The van der Waals surface area contributed by atoms with Gasteiger partial charge < -0.3 is 9.88 Å². The number of amides is 1. The summed E-state index contributed by atoms with van der Waals surface area (Å²) in [5, 5.41) is 8.17. The molecule has 3 rings (SSSR count). The predicted molar refractivity (Wildman–Crippen MR) is 131 cm³/mol. The maximum atomic E-state index is 13.1. The number of anilines is 1. The first-order chi connectivity index (χ1) is 14.9. The van der Waals surface area contributed by atoms with Crippen LogP contribution in [0.5, 0.6) is 0 Å². The van der Waals surface area contributed by atoms with Crippen LogP contribution in [0.1, 0.15) is 42.6 Å². The van der Waals surface area contributed by atoms with E-state index in [1.807, 2.05) is 61.7 Å². The van der Waals surface area contributed by atoms with Crippen LogP contribution in [0.4, 0.5) is 5.69 Å². The van der Waals surface area contributed by atoms with Gasteiger partial charge in [-0.05, 0) is 63.9 Å². The molecule has 0 radical (unpaired) electrons. The Morgan fingerprint density at radius 3 is 2.55 bits per heavy atom. The zero-order valence-corrected chi connectivity index (χ0v) is 19.6. The van der Waals surface area contributed by atoms with Gasteiger partial charge in [0, 0.05) is 39.8 Å². The Bertz CT molecular complexity index is 1170. The molecule has 0 aliphatic carbocycles. The minimum atomic E-state index is -0.0777. The molecule has 2 N–H and O–H groups in total. The molecule has 0 atom stereocenters.